The van der Waals surface area contributed by atoms with Crippen molar-refractivity contribution >= 4 is 0 Å². The van der Waals surface area contributed by atoms with E-state index >= 15 is 0 Å². The fraction of sp³-hybridized carbons (Fsp3) is 0.611. The molecular weight excluding hydrogens is 230 g/mol. The van der Waals surface area contributed by atoms with Gasteiger partial charge >= 0.3 is 0 Å². The van der Waals surface area contributed by atoms with Crippen molar-refractivity contribution in [2.45, 2.75) is 58.3 Å². The van der Waals surface area contributed by atoms with Crippen LogP contribution in [0.15, 0.2) is 30.3 Å². The maximum Gasteiger partial charge on any atom is 0.0392 e. The van der Waals surface area contributed by atoms with Crippen LogP contribution in [0.25, 0.3) is 0 Å². The molecule has 0 aromatic heterocycles. The predicted molar refractivity (Wildman–Crippen MR) is 82.9 cm³/mol. The number of piperidine rings is 1. The van der Waals surface area contributed by atoms with Crippen LogP contribution in [0.1, 0.15) is 57.4 Å². The van der Waals surface area contributed by atoms with Gasteiger partial charge in [0.25, 0.3) is 0 Å². The van der Waals surface area contributed by atoms with E-state index in [-0.39, 0.29) is 0 Å². The molecule has 1 aromatic carbocycles. The van der Waals surface area contributed by atoms with E-state index in [9.17, 15) is 0 Å². The van der Waals surface area contributed by atoms with Crippen LogP contribution in [0, 0.1) is 12.0 Å². The number of aryl methyl sites for hydroxylation is 1. The maximum absolute atomic E-state index is 3.60. The zero-order valence-corrected chi connectivity index (χ0v) is 12.3. The second kappa shape index (κ2) is 8.37. The van der Waals surface area contributed by atoms with Crippen LogP contribution in [-0.4, -0.2) is 6.54 Å². The van der Waals surface area contributed by atoms with E-state index in [0.29, 0.717) is 0 Å². The topological polar surface area (TPSA) is 12.0 Å². The largest absolute Gasteiger partial charge is 0.309 e. The zero-order valence-electron chi connectivity index (χ0n) is 12.3. The summed E-state index contributed by atoms with van der Waals surface area (Å²) in [7, 11) is 0. The van der Waals surface area contributed by atoms with E-state index in [1.807, 2.05) is 0 Å². The Morgan fingerprint density at radius 2 is 1.74 bits per heavy atom. The molecule has 2 rings (SSSR count). The minimum Gasteiger partial charge on any atom is -0.309 e. The Morgan fingerprint density at radius 3 is 2.47 bits per heavy atom. The monoisotopic (exact) mass is 258 g/mol. The van der Waals surface area contributed by atoms with E-state index in [4.69, 9.17) is 0 Å². The number of rotatable bonds is 7. The molecule has 1 heterocycles. The molecule has 1 aliphatic heterocycles. The van der Waals surface area contributed by atoms with Crippen molar-refractivity contribution in [1.82, 2.24) is 5.32 Å². The van der Waals surface area contributed by atoms with Gasteiger partial charge < -0.3 is 5.32 Å². The van der Waals surface area contributed by atoms with Gasteiger partial charge in [0, 0.05) is 6.04 Å². The first-order chi connectivity index (χ1) is 9.36. The molecule has 1 fully saturated rings. The predicted octanol–water partition coefficient (Wildman–Crippen LogP) is 4.73. The fourth-order valence-electron chi connectivity index (χ4n) is 2.98. The molecule has 1 nitrogen and oxygen atoms in total. The lowest BCUT2D eigenvalue weighted by molar-refractivity contribution is 0.372. The van der Waals surface area contributed by atoms with Crippen molar-refractivity contribution in [3.63, 3.8) is 0 Å². The Kier molecular flexibility index (Phi) is 6.43. The normalized spacial score (nSPS) is 20.6. The third-order valence-electron chi connectivity index (χ3n) is 4.27. The lowest BCUT2D eigenvalue weighted by Gasteiger charge is -2.29. The molecule has 1 N–H and O–H groups in total. The highest BCUT2D eigenvalue weighted by atomic mass is 14.9. The number of hydrogen-bond donors (Lipinski definition) is 1. The van der Waals surface area contributed by atoms with Crippen LogP contribution in [0.2, 0.25) is 0 Å². The first kappa shape index (κ1) is 14.6. The molecule has 0 amide bonds. The Balaban J connectivity index is 1.50. The molecular formula is C18H28N. The Labute approximate surface area is 118 Å². The minimum absolute atomic E-state index is 0.804. The van der Waals surface area contributed by atoms with Gasteiger partial charge in [-0.1, -0.05) is 56.5 Å². The average Bonchev–Trinajstić information content (AvgIpc) is 2.45. The van der Waals surface area contributed by atoms with Gasteiger partial charge in [-0.25, -0.2) is 0 Å². The fourth-order valence-corrected chi connectivity index (χ4v) is 2.98. The van der Waals surface area contributed by atoms with Crippen molar-refractivity contribution in [3.05, 3.63) is 41.9 Å². The van der Waals surface area contributed by atoms with Gasteiger partial charge in [0.2, 0.25) is 0 Å². The lowest BCUT2D eigenvalue weighted by atomic mass is 9.89. The SMILES string of the molecule is CC1CCCN[C]1CCCCCCc1ccccc1. The van der Waals surface area contributed by atoms with Crippen LogP contribution in [-0.2, 0) is 6.42 Å². The van der Waals surface area contributed by atoms with E-state index in [1.54, 1.807) is 6.04 Å². The minimum atomic E-state index is 0.804. The smallest absolute Gasteiger partial charge is 0.0392 e. The van der Waals surface area contributed by atoms with Gasteiger partial charge in [0.15, 0.2) is 0 Å². The van der Waals surface area contributed by atoms with E-state index in [0.717, 1.165) is 5.92 Å². The molecule has 105 valence electrons. The number of nitrogens with one attached hydrogen (secondary N) is 1. The number of hydrogen-bond acceptors (Lipinski definition) is 1. The molecule has 0 saturated carbocycles. The Bertz CT molecular complexity index is 333. The quantitative estimate of drug-likeness (QED) is 0.697. The van der Waals surface area contributed by atoms with Crippen molar-refractivity contribution in [2.24, 2.45) is 5.92 Å². The number of unbranched alkanes of at least 4 members (excludes halogenated alkanes) is 3. The van der Waals surface area contributed by atoms with Gasteiger partial charge in [0.1, 0.15) is 0 Å². The van der Waals surface area contributed by atoms with E-state index < -0.39 is 0 Å². The molecule has 1 atom stereocenters. The standard InChI is InChI=1S/C18H28N/c1-16-10-9-15-19-18(16)14-8-3-2-5-11-17-12-6-4-7-13-17/h4,6-7,12-13,16,19H,2-3,5,8-11,14-15H2,1H3. The highest BCUT2D eigenvalue weighted by Gasteiger charge is 2.20. The van der Waals surface area contributed by atoms with Crippen LogP contribution in [0.3, 0.4) is 0 Å². The molecule has 0 bridgehead atoms. The molecule has 0 spiro atoms. The van der Waals surface area contributed by atoms with Gasteiger partial charge in [0.05, 0.1) is 0 Å². The van der Waals surface area contributed by atoms with Crippen LogP contribution >= 0.6 is 0 Å². The molecule has 1 unspecified atom stereocenters. The van der Waals surface area contributed by atoms with Gasteiger partial charge in [-0.3, -0.25) is 0 Å². The molecule has 1 heteroatoms. The Hall–Kier alpha value is -0.820. The summed E-state index contributed by atoms with van der Waals surface area (Å²) >= 11 is 0. The van der Waals surface area contributed by atoms with E-state index in [1.165, 1.54) is 63.5 Å². The molecule has 19 heavy (non-hydrogen) atoms. The second-order valence-corrected chi connectivity index (χ2v) is 5.90. The average molecular weight is 258 g/mol. The van der Waals surface area contributed by atoms with Crippen LogP contribution in [0.5, 0.6) is 0 Å². The number of benzene rings is 1. The summed E-state index contributed by atoms with van der Waals surface area (Å²) in [4.78, 5) is 0. The summed E-state index contributed by atoms with van der Waals surface area (Å²) in [5.74, 6) is 0.804. The van der Waals surface area contributed by atoms with Gasteiger partial charge in [-0.15, -0.1) is 0 Å². The first-order valence-electron chi connectivity index (χ1n) is 8.00. The van der Waals surface area contributed by atoms with Crippen molar-refractivity contribution in [1.29, 1.82) is 0 Å². The highest BCUT2D eigenvalue weighted by Crippen LogP contribution is 2.26. The van der Waals surface area contributed by atoms with Gasteiger partial charge in [-0.2, -0.15) is 0 Å². The molecule has 0 aliphatic carbocycles. The zero-order chi connectivity index (χ0) is 13.3. The summed E-state index contributed by atoms with van der Waals surface area (Å²) in [5.41, 5.74) is 1.49. The summed E-state index contributed by atoms with van der Waals surface area (Å²) in [6.07, 6.45) is 10.7. The highest BCUT2D eigenvalue weighted by molar-refractivity contribution is 5.14. The summed E-state index contributed by atoms with van der Waals surface area (Å²) in [5, 5.41) is 3.60. The first-order valence-corrected chi connectivity index (χ1v) is 8.00. The maximum atomic E-state index is 3.60. The van der Waals surface area contributed by atoms with Crippen LogP contribution < -0.4 is 5.32 Å². The third-order valence-corrected chi connectivity index (χ3v) is 4.27. The summed E-state index contributed by atoms with van der Waals surface area (Å²) < 4.78 is 0. The summed E-state index contributed by atoms with van der Waals surface area (Å²) in [6.45, 7) is 3.57. The molecule has 1 aliphatic rings. The summed E-state index contributed by atoms with van der Waals surface area (Å²) in [6, 6.07) is 12.5. The van der Waals surface area contributed by atoms with Crippen molar-refractivity contribution in [2.75, 3.05) is 6.54 Å². The van der Waals surface area contributed by atoms with Gasteiger partial charge in [-0.05, 0) is 50.1 Å². The van der Waals surface area contributed by atoms with Crippen LogP contribution in [0.4, 0.5) is 0 Å². The lowest BCUT2D eigenvalue weighted by Crippen LogP contribution is -2.32. The Morgan fingerprint density at radius 1 is 1.00 bits per heavy atom. The molecule has 1 aromatic rings. The molecule has 1 saturated heterocycles. The second-order valence-electron chi connectivity index (χ2n) is 5.90. The third kappa shape index (κ3) is 5.36. The van der Waals surface area contributed by atoms with Crippen molar-refractivity contribution in [3.8, 4) is 0 Å². The molecule has 1 radical (unpaired) electrons. The van der Waals surface area contributed by atoms with E-state index in [2.05, 4.69) is 42.6 Å². The van der Waals surface area contributed by atoms with Crippen molar-refractivity contribution < 1.29 is 0 Å².